The number of oxazole rings is 1. The summed E-state index contributed by atoms with van der Waals surface area (Å²) in [5.41, 5.74) is 6.28. The Balaban J connectivity index is 1.36. The monoisotopic (exact) mass is 428 g/mol. The molecule has 1 aromatic heterocycles. The lowest BCUT2D eigenvalue weighted by Crippen LogP contribution is -2.36. The molecule has 1 saturated heterocycles. The van der Waals surface area contributed by atoms with Crippen molar-refractivity contribution in [3.63, 3.8) is 0 Å². The number of rotatable bonds is 5. The number of carbonyl (C=O) groups excluding carboxylic acids is 1. The van der Waals surface area contributed by atoms with Gasteiger partial charge in [-0.25, -0.2) is 0 Å². The number of nitrogens with zero attached hydrogens (tertiary/aromatic N) is 2. The fourth-order valence-electron chi connectivity index (χ4n) is 3.87. The van der Waals surface area contributed by atoms with Crippen LogP contribution in [0.1, 0.15) is 6.92 Å². The van der Waals surface area contributed by atoms with Crippen molar-refractivity contribution in [2.45, 2.75) is 6.92 Å². The Bertz CT molecular complexity index is 1230. The highest BCUT2D eigenvalue weighted by molar-refractivity contribution is 5.92. The second kappa shape index (κ2) is 8.72. The van der Waals surface area contributed by atoms with Crippen LogP contribution in [0, 0.1) is 0 Å². The maximum atomic E-state index is 11.2. The molecule has 0 unspecified atom stereocenters. The average molecular weight is 428 g/mol. The third-order valence-electron chi connectivity index (χ3n) is 5.43. The summed E-state index contributed by atoms with van der Waals surface area (Å²) >= 11 is 0. The highest BCUT2D eigenvalue weighted by atomic mass is 16.5. The standard InChI is InChI=1S/C25H24N4O3/c1-17(30)26-19-7-5-18(6-8-19)22-3-2-4-23-24(22)32-25(28-23)27-20-9-11-21(12-10-20)29-13-15-31-16-14-29/h2-12H,13-16H2,1H3,(H,26,30)(H,27,28). The van der Waals surface area contributed by atoms with Crippen LogP contribution in [0.25, 0.3) is 22.2 Å². The zero-order valence-electron chi connectivity index (χ0n) is 17.8. The normalized spacial score (nSPS) is 13.8. The van der Waals surface area contributed by atoms with Gasteiger partial charge >= 0.3 is 0 Å². The predicted molar refractivity (Wildman–Crippen MR) is 127 cm³/mol. The molecule has 0 radical (unpaired) electrons. The number of hydrogen-bond donors (Lipinski definition) is 2. The van der Waals surface area contributed by atoms with Gasteiger partial charge in [-0.3, -0.25) is 4.79 Å². The molecule has 0 spiro atoms. The summed E-state index contributed by atoms with van der Waals surface area (Å²) in [4.78, 5) is 18.2. The lowest BCUT2D eigenvalue weighted by atomic mass is 10.0. The topological polar surface area (TPSA) is 79.6 Å². The van der Waals surface area contributed by atoms with E-state index in [-0.39, 0.29) is 5.91 Å². The predicted octanol–water partition coefficient (Wildman–Crippen LogP) is 5.03. The van der Waals surface area contributed by atoms with E-state index < -0.39 is 0 Å². The van der Waals surface area contributed by atoms with Gasteiger partial charge in [-0.2, -0.15) is 4.98 Å². The molecular weight excluding hydrogens is 404 g/mol. The molecule has 1 fully saturated rings. The Labute approximate surface area is 186 Å². The largest absolute Gasteiger partial charge is 0.423 e. The van der Waals surface area contributed by atoms with Crippen LogP contribution in [0.15, 0.2) is 71.1 Å². The molecule has 0 saturated carbocycles. The number of para-hydroxylation sites is 1. The molecule has 32 heavy (non-hydrogen) atoms. The number of benzene rings is 3. The summed E-state index contributed by atoms with van der Waals surface area (Å²) in [7, 11) is 0. The molecule has 0 aliphatic carbocycles. The fourth-order valence-corrected chi connectivity index (χ4v) is 3.87. The smallest absolute Gasteiger partial charge is 0.300 e. The molecule has 1 aliphatic heterocycles. The first-order valence-corrected chi connectivity index (χ1v) is 10.6. The van der Waals surface area contributed by atoms with E-state index in [1.807, 2.05) is 54.6 Å². The zero-order valence-corrected chi connectivity index (χ0v) is 17.8. The number of amides is 1. The highest BCUT2D eigenvalue weighted by Crippen LogP contribution is 2.32. The van der Waals surface area contributed by atoms with Gasteiger partial charge in [0.25, 0.3) is 6.01 Å². The first-order chi connectivity index (χ1) is 15.7. The van der Waals surface area contributed by atoms with Crippen LogP contribution in [0.3, 0.4) is 0 Å². The Morgan fingerprint density at radius 1 is 0.938 bits per heavy atom. The number of anilines is 4. The molecule has 162 valence electrons. The maximum Gasteiger partial charge on any atom is 0.300 e. The number of aromatic nitrogens is 1. The number of ether oxygens (including phenoxy) is 1. The summed E-state index contributed by atoms with van der Waals surface area (Å²) < 4.78 is 11.5. The van der Waals surface area contributed by atoms with Crippen molar-refractivity contribution >= 4 is 40.1 Å². The Morgan fingerprint density at radius 3 is 2.38 bits per heavy atom. The summed E-state index contributed by atoms with van der Waals surface area (Å²) in [6, 6.07) is 22.3. The molecule has 7 heteroatoms. The van der Waals surface area contributed by atoms with Crippen molar-refractivity contribution in [2.75, 3.05) is 41.8 Å². The molecule has 1 aliphatic rings. The second-order valence-corrected chi connectivity index (χ2v) is 7.70. The number of hydrogen-bond acceptors (Lipinski definition) is 6. The van der Waals surface area contributed by atoms with Crippen molar-refractivity contribution in [3.8, 4) is 11.1 Å². The van der Waals surface area contributed by atoms with Gasteiger partial charge in [-0.1, -0.05) is 24.3 Å². The third-order valence-corrected chi connectivity index (χ3v) is 5.43. The first kappa shape index (κ1) is 20.1. The van der Waals surface area contributed by atoms with Gasteiger partial charge in [0.1, 0.15) is 5.52 Å². The van der Waals surface area contributed by atoms with E-state index in [0.717, 1.165) is 54.3 Å². The van der Waals surface area contributed by atoms with Gasteiger partial charge in [0.2, 0.25) is 5.91 Å². The van der Waals surface area contributed by atoms with Crippen LogP contribution in [-0.2, 0) is 9.53 Å². The molecule has 7 nitrogen and oxygen atoms in total. The molecule has 2 N–H and O–H groups in total. The van der Waals surface area contributed by atoms with E-state index in [9.17, 15) is 4.79 Å². The zero-order chi connectivity index (χ0) is 21.9. The number of fused-ring (bicyclic) bond motifs is 1. The van der Waals surface area contributed by atoms with Crippen LogP contribution >= 0.6 is 0 Å². The summed E-state index contributed by atoms with van der Waals surface area (Å²) in [6.45, 7) is 4.84. The minimum absolute atomic E-state index is 0.0937. The molecule has 2 heterocycles. The van der Waals surface area contributed by atoms with E-state index in [1.54, 1.807) is 0 Å². The lowest BCUT2D eigenvalue weighted by molar-refractivity contribution is -0.114. The highest BCUT2D eigenvalue weighted by Gasteiger charge is 2.13. The van der Waals surface area contributed by atoms with E-state index >= 15 is 0 Å². The van der Waals surface area contributed by atoms with E-state index in [1.165, 1.54) is 12.6 Å². The lowest BCUT2D eigenvalue weighted by Gasteiger charge is -2.28. The number of morpholine rings is 1. The van der Waals surface area contributed by atoms with Gasteiger partial charge in [0.15, 0.2) is 5.58 Å². The third kappa shape index (κ3) is 4.29. The van der Waals surface area contributed by atoms with Crippen LogP contribution < -0.4 is 15.5 Å². The van der Waals surface area contributed by atoms with Gasteiger partial charge in [-0.05, 0) is 48.0 Å². The van der Waals surface area contributed by atoms with Crippen molar-refractivity contribution < 1.29 is 13.9 Å². The van der Waals surface area contributed by atoms with E-state index in [2.05, 4.69) is 32.7 Å². The minimum Gasteiger partial charge on any atom is -0.423 e. The SMILES string of the molecule is CC(=O)Nc1ccc(-c2cccc3nc(Nc4ccc(N5CCOCC5)cc4)oc23)cc1. The molecule has 4 aromatic rings. The molecule has 0 atom stereocenters. The summed E-state index contributed by atoms with van der Waals surface area (Å²) in [6.07, 6.45) is 0. The fraction of sp³-hybridized carbons (Fsp3) is 0.200. The minimum atomic E-state index is -0.0937. The van der Waals surface area contributed by atoms with Crippen molar-refractivity contribution in [3.05, 3.63) is 66.7 Å². The van der Waals surface area contributed by atoms with Gasteiger partial charge < -0.3 is 24.7 Å². The second-order valence-electron chi connectivity index (χ2n) is 7.70. The Morgan fingerprint density at radius 2 is 1.66 bits per heavy atom. The molecule has 1 amide bonds. The van der Waals surface area contributed by atoms with Crippen LogP contribution in [0.2, 0.25) is 0 Å². The first-order valence-electron chi connectivity index (χ1n) is 10.6. The summed E-state index contributed by atoms with van der Waals surface area (Å²) in [5.74, 6) is -0.0937. The average Bonchev–Trinajstić information content (AvgIpc) is 3.23. The van der Waals surface area contributed by atoms with Crippen LogP contribution in [0.4, 0.5) is 23.1 Å². The van der Waals surface area contributed by atoms with Gasteiger partial charge in [0.05, 0.1) is 13.2 Å². The van der Waals surface area contributed by atoms with Crippen LogP contribution in [-0.4, -0.2) is 37.2 Å². The van der Waals surface area contributed by atoms with Gasteiger partial charge in [-0.15, -0.1) is 0 Å². The number of carbonyl (C=O) groups is 1. The van der Waals surface area contributed by atoms with Crippen LogP contribution in [0.5, 0.6) is 0 Å². The van der Waals surface area contributed by atoms with E-state index in [0.29, 0.717) is 11.6 Å². The van der Waals surface area contributed by atoms with E-state index in [4.69, 9.17) is 9.15 Å². The molecular formula is C25H24N4O3. The summed E-state index contributed by atoms with van der Waals surface area (Å²) in [5, 5.41) is 6.05. The Kier molecular flexibility index (Phi) is 5.47. The quantitative estimate of drug-likeness (QED) is 0.464. The molecule has 0 bridgehead atoms. The molecule has 5 rings (SSSR count). The van der Waals surface area contributed by atoms with Crippen molar-refractivity contribution in [2.24, 2.45) is 0 Å². The Hall–Kier alpha value is -3.84. The van der Waals surface area contributed by atoms with Crippen molar-refractivity contribution in [1.82, 2.24) is 4.98 Å². The number of nitrogens with one attached hydrogen (secondary N) is 2. The van der Waals surface area contributed by atoms with Crippen molar-refractivity contribution in [1.29, 1.82) is 0 Å². The maximum absolute atomic E-state index is 11.2. The molecule has 3 aromatic carbocycles. The van der Waals surface area contributed by atoms with Gasteiger partial charge in [0, 0.05) is 42.6 Å².